The topological polar surface area (TPSA) is 12.0 Å². The van der Waals surface area contributed by atoms with Crippen LogP contribution in [0.1, 0.15) is 26.7 Å². The summed E-state index contributed by atoms with van der Waals surface area (Å²) in [7, 11) is 0. The maximum atomic E-state index is 13.2. The highest BCUT2D eigenvalue weighted by Crippen LogP contribution is 2.19. The maximum absolute atomic E-state index is 13.2. The van der Waals surface area contributed by atoms with Crippen LogP contribution in [0.3, 0.4) is 0 Å². The van der Waals surface area contributed by atoms with Crippen LogP contribution in [-0.4, -0.2) is 6.54 Å². The molecule has 0 radical (unpaired) electrons. The first-order chi connectivity index (χ1) is 7.09. The molecule has 0 spiro atoms. The van der Waals surface area contributed by atoms with Crippen molar-refractivity contribution in [2.75, 3.05) is 11.9 Å². The van der Waals surface area contributed by atoms with Crippen LogP contribution in [0.15, 0.2) is 18.2 Å². The second-order valence-corrected chi connectivity index (χ2v) is 4.52. The third-order valence-electron chi connectivity index (χ3n) is 2.20. The fraction of sp³-hybridized carbons (Fsp3) is 0.500. The average Bonchev–Trinajstić information content (AvgIpc) is 2.17. The molecule has 15 heavy (non-hydrogen) atoms. The SMILES string of the molecule is CC(C)CCCNc1cc(Cl)ccc1F. The summed E-state index contributed by atoms with van der Waals surface area (Å²) < 4.78 is 13.2. The van der Waals surface area contributed by atoms with Gasteiger partial charge in [0.15, 0.2) is 0 Å². The lowest BCUT2D eigenvalue weighted by atomic mass is 10.1. The Morgan fingerprint density at radius 3 is 2.80 bits per heavy atom. The van der Waals surface area contributed by atoms with Crippen molar-refractivity contribution in [2.24, 2.45) is 5.92 Å². The molecule has 0 unspecified atom stereocenters. The summed E-state index contributed by atoms with van der Waals surface area (Å²) in [5.41, 5.74) is 0.492. The highest BCUT2D eigenvalue weighted by atomic mass is 35.5. The zero-order valence-electron chi connectivity index (χ0n) is 9.19. The van der Waals surface area contributed by atoms with Gasteiger partial charge in [0.25, 0.3) is 0 Å². The molecule has 0 bridgehead atoms. The van der Waals surface area contributed by atoms with Crippen LogP contribution in [0.5, 0.6) is 0 Å². The van der Waals surface area contributed by atoms with Gasteiger partial charge in [0.2, 0.25) is 0 Å². The van der Waals surface area contributed by atoms with Crippen LogP contribution in [0, 0.1) is 11.7 Å². The molecular formula is C12H17ClFN. The molecule has 0 heterocycles. The van der Waals surface area contributed by atoms with Gasteiger partial charge in [0.1, 0.15) is 5.82 Å². The van der Waals surface area contributed by atoms with Crippen molar-refractivity contribution in [3.05, 3.63) is 29.0 Å². The van der Waals surface area contributed by atoms with Crippen LogP contribution in [0.25, 0.3) is 0 Å². The Balaban J connectivity index is 2.40. The first-order valence-corrected chi connectivity index (χ1v) is 5.66. The molecule has 0 aliphatic carbocycles. The minimum atomic E-state index is -0.246. The molecule has 1 aromatic carbocycles. The van der Waals surface area contributed by atoms with Crippen molar-refractivity contribution < 1.29 is 4.39 Å². The largest absolute Gasteiger partial charge is 0.383 e. The van der Waals surface area contributed by atoms with Gasteiger partial charge in [-0.1, -0.05) is 25.4 Å². The van der Waals surface area contributed by atoms with E-state index >= 15 is 0 Å². The fourth-order valence-electron chi connectivity index (χ4n) is 1.37. The maximum Gasteiger partial charge on any atom is 0.146 e. The van der Waals surface area contributed by atoms with E-state index in [1.54, 1.807) is 12.1 Å². The smallest absolute Gasteiger partial charge is 0.146 e. The molecule has 0 saturated carbocycles. The van der Waals surface area contributed by atoms with Crippen molar-refractivity contribution in [1.29, 1.82) is 0 Å². The zero-order valence-corrected chi connectivity index (χ0v) is 9.94. The molecular weight excluding hydrogens is 213 g/mol. The normalized spacial score (nSPS) is 10.7. The predicted octanol–water partition coefficient (Wildman–Crippen LogP) is 4.33. The minimum Gasteiger partial charge on any atom is -0.383 e. The van der Waals surface area contributed by atoms with Crippen molar-refractivity contribution in [3.63, 3.8) is 0 Å². The van der Waals surface area contributed by atoms with Crippen LogP contribution in [-0.2, 0) is 0 Å². The number of hydrogen-bond acceptors (Lipinski definition) is 1. The number of anilines is 1. The van der Waals surface area contributed by atoms with Gasteiger partial charge >= 0.3 is 0 Å². The van der Waals surface area contributed by atoms with Gasteiger partial charge in [-0.3, -0.25) is 0 Å². The molecule has 0 saturated heterocycles. The zero-order chi connectivity index (χ0) is 11.3. The Labute approximate surface area is 95.6 Å². The summed E-state index contributed by atoms with van der Waals surface area (Å²) in [6.45, 7) is 5.15. The molecule has 0 aromatic heterocycles. The molecule has 84 valence electrons. The number of benzene rings is 1. The fourth-order valence-corrected chi connectivity index (χ4v) is 1.54. The molecule has 1 rings (SSSR count). The van der Waals surface area contributed by atoms with Crippen molar-refractivity contribution >= 4 is 17.3 Å². The molecule has 0 amide bonds. The Morgan fingerprint density at radius 2 is 2.13 bits per heavy atom. The third kappa shape index (κ3) is 4.52. The lowest BCUT2D eigenvalue weighted by Crippen LogP contribution is -2.04. The van der Waals surface area contributed by atoms with E-state index < -0.39 is 0 Å². The Bertz CT molecular complexity index is 312. The van der Waals surface area contributed by atoms with E-state index in [2.05, 4.69) is 19.2 Å². The summed E-state index contributed by atoms with van der Waals surface area (Å²) in [6, 6.07) is 4.55. The van der Waals surface area contributed by atoms with Crippen LogP contribution >= 0.6 is 11.6 Å². The monoisotopic (exact) mass is 229 g/mol. The molecule has 0 atom stereocenters. The lowest BCUT2D eigenvalue weighted by molar-refractivity contribution is 0.565. The van der Waals surface area contributed by atoms with Crippen molar-refractivity contribution in [2.45, 2.75) is 26.7 Å². The molecule has 0 fully saturated rings. The number of rotatable bonds is 5. The standard InChI is InChI=1S/C12H17ClFN/c1-9(2)4-3-7-15-12-8-10(13)5-6-11(12)14/h5-6,8-9,15H,3-4,7H2,1-2H3. The molecule has 1 N–H and O–H groups in total. The average molecular weight is 230 g/mol. The summed E-state index contributed by atoms with van der Waals surface area (Å²) >= 11 is 5.77. The highest BCUT2D eigenvalue weighted by Gasteiger charge is 2.01. The Morgan fingerprint density at radius 1 is 1.40 bits per heavy atom. The van der Waals surface area contributed by atoms with E-state index in [1.807, 2.05) is 0 Å². The summed E-state index contributed by atoms with van der Waals surface area (Å²) in [5, 5.41) is 3.61. The molecule has 0 aliphatic rings. The second kappa shape index (κ2) is 5.96. The second-order valence-electron chi connectivity index (χ2n) is 4.09. The van der Waals surface area contributed by atoms with Gasteiger partial charge in [-0.2, -0.15) is 0 Å². The van der Waals surface area contributed by atoms with E-state index in [-0.39, 0.29) is 5.82 Å². The van der Waals surface area contributed by atoms with Crippen molar-refractivity contribution in [3.8, 4) is 0 Å². The molecule has 1 aromatic rings. The van der Waals surface area contributed by atoms with Crippen LogP contribution < -0.4 is 5.32 Å². The van der Waals surface area contributed by atoms with Crippen molar-refractivity contribution in [1.82, 2.24) is 0 Å². The van der Waals surface area contributed by atoms with E-state index in [0.29, 0.717) is 16.6 Å². The van der Waals surface area contributed by atoms with Gasteiger partial charge in [0.05, 0.1) is 5.69 Å². The van der Waals surface area contributed by atoms with Gasteiger partial charge in [-0.25, -0.2) is 4.39 Å². The minimum absolute atomic E-state index is 0.246. The Hall–Kier alpha value is -0.760. The lowest BCUT2D eigenvalue weighted by Gasteiger charge is -2.08. The van der Waals surface area contributed by atoms with E-state index in [9.17, 15) is 4.39 Å². The first kappa shape index (κ1) is 12.3. The predicted molar refractivity (Wildman–Crippen MR) is 64.0 cm³/mol. The highest BCUT2D eigenvalue weighted by molar-refractivity contribution is 6.30. The summed E-state index contributed by atoms with van der Waals surface area (Å²) in [4.78, 5) is 0. The van der Waals surface area contributed by atoms with Crippen LogP contribution in [0.2, 0.25) is 5.02 Å². The summed E-state index contributed by atoms with van der Waals surface area (Å²) in [6.07, 6.45) is 2.19. The van der Waals surface area contributed by atoms with E-state index in [0.717, 1.165) is 19.4 Å². The molecule has 0 aliphatic heterocycles. The van der Waals surface area contributed by atoms with Gasteiger partial charge in [-0.15, -0.1) is 0 Å². The Kier molecular flexibility index (Phi) is 4.89. The number of hydrogen-bond donors (Lipinski definition) is 1. The first-order valence-electron chi connectivity index (χ1n) is 5.28. The molecule has 3 heteroatoms. The van der Waals surface area contributed by atoms with Gasteiger partial charge in [-0.05, 0) is 37.0 Å². The van der Waals surface area contributed by atoms with E-state index in [4.69, 9.17) is 11.6 Å². The van der Waals surface area contributed by atoms with Gasteiger partial charge in [0, 0.05) is 11.6 Å². The summed E-state index contributed by atoms with van der Waals surface area (Å²) in [5.74, 6) is 0.444. The quantitative estimate of drug-likeness (QED) is 0.742. The van der Waals surface area contributed by atoms with E-state index in [1.165, 1.54) is 6.07 Å². The molecule has 1 nitrogen and oxygen atoms in total. The number of halogens is 2. The third-order valence-corrected chi connectivity index (χ3v) is 2.44. The van der Waals surface area contributed by atoms with Crippen LogP contribution in [0.4, 0.5) is 10.1 Å². The number of nitrogens with one attached hydrogen (secondary N) is 1. The van der Waals surface area contributed by atoms with Gasteiger partial charge < -0.3 is 5.32 Å².